The number of nitriles is 1. The van der Waals surface area contributed by atoms with Crippen LogP contribution in [0.3, 0.4) is 0 Å². The van der Waals surface area contributed by atoms with Crippen LogP contribution in [-0.4, -0.2) is 45.4 Å². The minimum Gasteiger partial charge on any atom is -0.263 e. The molecule has 3 aromatic heterocycles. The molecule has 4 aromatic rings. The molecule has 0 radical (unpaired) electrons. The number of sulfonamides is 1. The molecule has 0 N–H and O–H groups in total. The van der Waals surface area contributed by atoms with Gasteiger partial charge in [0.05, 0.1) is 28.9 Å². The van der Waals surface area contributed by atoms with Crippen molar-refractivity contribution in [1.82, 2.24) is 23.9 Å². The van der Waals surface area contributed by atoms with Crippen LogP contribution >= 0.6 is 0 Å². The Bertz CT molecular complexity index is 1570. The highest BCUT2D eigenvalue weighted by Gasteiger charge is 2.41. The summed E-state index contributed by atoms with van der Waals surface area (Å²) in [6.07, 6.45) is -0.832. The summed E-state index contributed by atoms with van der Waals surface area (Å²) in [5, 5.41) is 14.0. The number of piperidine rings is 1. The van der Waals surface area contributed by atoms with Gasteiger partial charge in [-0.15, -0.1) is 0 Å². The summed E-state index contributed by atoms with van der Waals surface area (Å²) in [5.41, 5.74) is -0.446. The Hall–Kier alpha value is -3.82. The molecular weight excluding hydrogens is 493 g/mol. The van der Waals surface area contributed by atoms with Crippen molar-refractivity contribution < 1.29 is 21.6 Å². The summed E-state index contributed by atoms with van der Waals surface area (Å²) >= 11 is 0. The van der Waals surface area contributed by atoms with Gasteiger partial charge in [0.1, 0.15) is 0 Å². The fourth-order valence-electron chi connectivity index (χ4n) is 4.38. The van der Waals surface area contributed by atoms with Crippen molar-refractivity contribution in [3.63, 3.8) is 0 Å². The van der Waals surface area contributed by atoms with Crippen molar-refractivity contribution in [3.05, 3.63) is 78.2 Å². The summed E-state index contributed by atoms with van der Waals surface area (Å²) in [5.74, 6) is 0. The fourth-order valence-corrected chi connectivity index (χ4v) is 5.85. The molecule has 4 heterocycles. The fraction of sp³-hybridized carbons (Fsp3) is 0.250. The lowest BCUT2D eigenvalue weighted by Crippen LogP contribution is -2.44. The second-order valence-electron chi connectivity index (χ2n) is 8.51. The van der Waals surface area contributed by atoms with Gasteiger partial charge in [0.25, 0.3) is 10.0 Å². The van der Waals surface area contributed by atoms with Crippen LogP contribution in [0.1, 0.15) is 24.0 Å². The van der Waals surface area contributed by atoms with Gasteiger partial charge < -0.3 is 0 Å². The van der Waals surface area contributed by atoms with E-state index in [0.717, 1.165) is 16.1 Å². The smallest absolute Gasteiger partial charge is 0.263 e. The number of halogens is 3. The normalized spacial score (nSPS) is 16.6. The first kappa shape index (κ1) is 23.9. The zero-order chi connectivity index (χ0) is 25.6. The van der Waals surface area contributed by atoms with Crippen molar-refractivity contribution in [2.75, 3.05) is 13.1 Å². The van der Waals surface area contributed by atoms with E-state index in [1.165, 1.54) is 28.8 Å². The number of nitrogens with zero attached hydrogens (tertiary/aromatic N) is 6. The Balaban J connectivity index is 1.46. The van der Waals surface area contributed by atoms with Crippen LogP contribution in [0.25, 0.3) is 16.9 Å². The average Bonchev–Trinajstić information content (AvgIpc) is 3.33. The molecule has 0 spiro atoms. The van der Waals surface area contributed by atoms with Gasteiger partial charge in [0.2, 0.25) is 0 Å². The molecular formula is C24H19F3N6O2S. The SMILES string of the molecule is N#CC1(c2ccccc2)CCN(S(=O)(=O)c2cnc3ccc(-c4cncc(C(F)(F)F)c4)nn23)CC1. The van der Waals surface area contributed by atoms with E-state index in [-0.39, 0.29) is 35.0 Å². The molecule has 0 amide bonds. The number of pyridine rings is 1. The van der Waals surface area contributed by atoms with Gasteiger partial charge >= 0.3 is 6.18 Å². The Morgan fingerprint density at radius 2 is 1.72 bits per heavy atom. The first-order valence-electron chi connectivity index (χ1n) is 11.0. The molecule has 1 saturated heterocycles. The summed E-state index contributed by atoms with van der Waals surface area (Å²) in [7, 11) is -4.05. The van der Waals surface area contributed by atoms with Crippen LogP contribution in [-0.2, 0) is 21.6 Å². The van der Waals surface area contributed by atoms with E-state index in [1.807, 2.05) is 30.3 Å². The lowest BCUT2D eigenvalue weighted by Gasteiger charge is -2.36. The molecule has 0 atom stereocenters. The Kier molecular flexibility index (Phi) is 5.77. The summed E-state index contributed by atoms with van der Waals surface area (Å²) in [6, 6.07) is 15.5. The van der Waals surface area contributed by atoms with E-state index in [4.69, 9.17) is 0 Å². The van der Waals surface area contributed by atoms with Crippen molar-refractivity contribution in [3.8, 4) is 17.3 Å². The van der Waals surface area contributed by atoms with Gasteiger partial charge in [0.15, 0.2) is 10.7 Å². The molecule has 0 bridgehead atoms. The highest BCUT2D eigenvalue weighted by atomic mass is 32.2. The van der Waals surface area contributed by atoms with Gasteiger partial charge in [-0.05, 0) is 36.6 Å². The van der Waals surface area contributed by atoms with Crippen LogP contribution in [0.5, 0.6) is 0 Å². The van der Waals surface area contributed by atoms with Crippen LogP contribution in [0.2, 0.25) is 0 Å². The number of hydrogen-bond donors (Lipinski definition) is 0. The third-order valence-corrected chi connectivity index (χ3v) is 8.26. The molecule has 1 aliphatic heterocycles. The van der Waals surface area contributed by atoms with Gasteiger partial charge in [0, 0.05) is 31.0 Å². The first-order chi connectivity index (χ1) is 17.1. The minimum atomic E-state index is -4.58. The molecule has 1 fully saturated rings. The summed E-state index contributed by atoms with van der Waals surface area (Å²) in [6.45, 7) is 0.241. The largest absolute Gasteiger partial charge is 0.417 e. The van der Waals surface area contributed by atoms with Gasteiger partial charge in [-0.3, -0.25) is 4.98 Å². The molecule has 36 heavy (non-hydrogen) atoms. The first-order valence-corrected chi connectivity index (χ1v) is 12.4. The molecule has 1 aromatic carbocycles. The third kappa shape index (κ3) is 4.10. The molecule has 0 aliphatic carbocycles. The number of rotatable bonds is 4. The van der Waals surface area contributed by atoms with E-state index in [0.29, 0.717) is 19.0 Å². The maximum atomic E-state index is 13.5. The van der Waals surface area contributed by atoms with Crippen molar-refractivity contribution >= 4 is 15.7 Å². The minimum absolute atomic E-state index is 0.0865. The zero-order valence-corrected chi connectivity index (χ0v) is 19.5. The number of hydrogen-bond acceptors (Lipinski definition) is 6. The lowest BCUT2D eigenvalue weighted by atomic mass is 9.74. The van der Waals surface area contributed by atoms with E-state index in [9.17, 15) is 26.9 Å². The Morgan fingerprint density at radius 3 is 2.39 bits per heavy atom. The van der Waals surface area contributed by atoms with Crippen LogP contribution in [0.4, 0.5) is 13.2 Å². The second kappa shape index (κ2) is 8.69. The molecule has 5 rings (SSSR count). The topological polar surface area (TPSA) is 104 Å². The number of benzene rings is 1. The van der Waals surface area contributed by atoms with E-state index in [2.05, 4.69) is 21.1 Å². The molecule has 1 aliphatic rings. The number of fused-ring (bicyclic) bond motifs is 1. The highest BCUT2D eigenvalue weighted by Crippen LogP contribution is 2.37. The second-order valence-corrected chi connectivity index (χ2v) is 10.4. The van der Waals surface area contributed by atoms with E-state index in [1.54, 1.807) is 0 Å². The average molecular weight is 513 g/mol. The van der Waals surface area contributed by atoms with E-state index < -0.39 is 27.2 Å². The van der Waals surface area contributed by atoms with Gasteiger partial charge in [-0.1, -0.05) is 30.3 Å². The number of aromatic nitrogens is 4. The third-order valence-electron chi connectivity index (χ3n) is 6.41. The van der Waals surface area contributed by atoms with E-state index >= 15 is 0 Å². The number of imidazole rings is 1. The maximum absolute atomic E-state index is 13.5. The Morgan fingerprint density at radius 1 is 1.00 bits per heavy atom. The van der Waals surface area contributed by atoms with Crippen LogP contribution in [0, 0.1) is 11.3 Å². The van der Waals surface area contributed by atoms with Crippen LogP contribution in [0.15, 0.2) is 72.1 Å². The molecule has 0 unspecified atom stereocenters. The van der Waals surface area contributed by atoms with Gasteiger partial charge in [-0.25, -0.2) is 17.9 Å². The predicted molar refractivity (Wildman–Crippen MR) is 123 cm³/mol. The summed E-state index contributed by atoms with van der Waals surface area (Å²) < 4.78 is 68.8. The van der Waals surface area contributed by atoms with Crippen molar-refractivity contribution in [1.29, 1.82) is 5.26 Å². The quantitative estimate of drug-likeness (QED) is 0.409. The van der Waals surface area contributed by atoms with Crippen LogP contribution < -0.4 is 0 Å². The maximum Gasteiger partial charge on any atom is 0.417 e. The lowest BCUT2D eigenvalue weighted by molar-refractivity contribution is -0.137. The molecule has 12 heteroatoms. The standard InChI is InChI=1S/C24H19F3N6O2S/c25-24(26,27)19-12-17(13-29-14-19)20-6-7-21-30-15-22(33(21)31-20)36(34,35)32-10-8-23(16-28,9-11-32)18-4-2-1-3-5-18/h1-7,12-15H,8-11H2. The highest BCUT2D eigenvalue weighted by molar-refractivity contribution is 7.89. The van der Waals surface area contributed by atoms with Crippen molar-refractivity contribution in [2.24, 2.45) is 0 Å². The molecule has 0 saturated carbocycles. The van der Waals surface area contributed by atoms with Crippen molar-refractivity contribution in [2.45, 2.75) is 29.5 Å². The molecule has 184 valence electrons. The zero-order valence-electron chi connectivity index (χ0n) is 18.7. The monoisotopic (exact) mass is 512 g/mol. The molecule has 8 nitrogen and oxygen atoms in total. The summed E-state index contributed by atoms with van der Waals surface area (Å²) in [4.78, 5) is 7.76. The predicted octanol–water partition coefficient (Wildman–Crippen LogP) is 4.06. The number of alkyl halides is 3. The Labute approximate surface area is 204 Å². The van der Waals surface area contributed by atoms with Gasteiger partial charge in [-0.2, -0.15) is 27.8 Å².